The molecule has 1 amide bonds. The highest BCUT2D eigenvalue weighted by atomic mass is 35.5. The second-order valence-electron chi connectivity index (χ2n) is 9.54. The molecule has 0 radical (unpaired) electrons. The number of piperidine rings is 1. The second kappa shape index (κ2) is 10.6. The number of rotatable bonds is 8. The van der Waals surface area contributed by atoms with Crippen LogP contribution in [0.25, 0.3) is 0 Å². The summed E-state index contributed by atoms with van der Waals surface area (Å²) in [5.41, 5.74) is 1.52. The third-order valence-corrected chi connectivity index (χ3v) is 7.57. The summed E-state index contributed by atoms with van der Waals surface area (Å²) in [5.74, 6) is -0.915. The Hall–Kier alpha value is -1.87. The van der Waals surface area contributed by atoms with E-state index in [0.717, 1.165) is 56.2 Å². The third kappa shape index (κ3) is 6.88. The van der Waals surface area contributed by atoms with E-state index in [0.29, 0.717) is 22.4 Å². The fourth-order valence-corrected chi connectivity index (χ4v) is 5.62. The number of sulfonamides is 1. The van der Waals surface area contributed by atoms with Crippen molar-refractivity contribution in [3.05, 3.63) is 62.9 Å². The number of carbonyl (C=O) groups excluding carboxylic acids is 1. The Morgan fingerprint density at radius 2 is 1.86 bits per heavy atom. The monoisotopic (exact) mass is 542 g/mol. The van der Waals surface area contributed by atoms with E-state index >= 15 is 0 Å². The number of hydrogen-bond acceptors (Lipinski definition) is 5. The zero-order valence-electron chi connectivity index (χ0n) is 19.7. The summed E-state index contributed by atoms with van der Waals surface area (Å²) in [6, 6.07) is 8.37. The first-order valence-corrected chi connectivity index (χ1v) is 14.3. The Labute approximate surface area is 215 Å². The van der Waals surface area contributed by atoms with Crippen LogP contribution in [0.2, 0.25) is 10.0 Å². The molecule has 2 aliphatic rings. The predicted molar refractivity (Wildman–Crippen MR) is 135 cm³/mol. The average Bonchev–Trinajstić information content (AvgIpc) is 3.61. The lowest BCUT2D eigenvalue weighted by Gasteiger charge is -2.37. The summed E-state index contributed by atoms with van der Waals surface area (Å²) in [5, 5.41) is 1.22. The molecule has 2 atom stereocenters. The van der Waals surface area contributed by atoms with Gasteiger partial charge in [-0.3, -0.25) is 9.69 Å². The van der Waals surface area contributed by atoms with Gasteiger partial charge in [-0.15, -0.1) is 0 Å². The summed E-state index contributed by atoms with van der Waals surface area (Å²) >= 11 is 12.4. The molecule has 1 N–H and O–H groups in total. The minimum Gasteiger partial charge on any atom is -0.493 e. The van der Waals surface area contributed by atoms with Gasteiger partial charge < -0.3 is 4.74 Å². The third-order valence-electron chi connectivity index (χ3n) is 6.58. The van der Waals surface area contributed by atoms with Crippen molar-refractivity contribution in [2.24, 2.45) is 5.92 Å². The Bertz CT molecular complexity index is 1200. The molecule has 1 aliphatic heterocycles. The zero-order chi connectivity index (χ0) is 25.3. The van der Waals surface area contributed by atoms with Gasteiger partial charge in [-0.05, 0) is 80.5 Å². The number of amides is 1. The van der Waals surface area contributed by atoms with E-state index in [4.69, 9.17) is 27.9 Å². The summed E-state index contributed by atoms with van der Waals surface area (Å²) < 4.78 is 45.5. The molecule has 6 nitrogen and oxygen atoms in total. The van der Waals surface area contributed by atoms with E-state index in [-0.39, 0.29) is 23.4 Å². The summed E-state index contributed by atoms with van der Waals surface area (Å²) in [6.07, 6.45) is 4.71. The Kier molecular flexibility index (Phi) is 7.95. The van der Waals surface area contributed by atoms with Crippen LogP contribution in [0.3, 0.4) is 0 Å². The molecule has 0 unspecified atom stereocenters. The zero-order valence-corrected chi connectivity index (χ0v) is 22.0. The Balaban J connectivity index is 1.45. The van der Waals surface area contributed by atoms with E-state index < -0.39 is 21.7 Å². The minimum absolute atomic E-state index is 0.140. The van der Waals surface area contributed by atoms with Crippen LogP contribution in [-0.4, -0.2) is 45.2 Å². The highest BCUT2D eigenvalue weighted by Crippen LogP contribution is 2.45. The SMILES string of the molecule is C[C@@H](c1cc(Cl)cc(Cl)c1)N1CCC[C@H](COc2cc(F)c(C(=O)NS(C)(=O)=O)cc2C2CC2)C1. The predicted octanol–water partition coefficient (Wildman–Crippen LogP) is 5.55. The van der Waals surface area contributed by atoms with E-state index in [9.17, 15) is 17.6 Å². The largest absolute Gasteiger partial charge is 0.493 e. The molecule has 2 aromatic carbocycles. The number of nitrogens with zero attached hydrogens (tertiary/aromatic N) is 1. The molecular weight excluding hydrogens is 514 g/mol. The van der Waals surface area contributed by atoms with Gasteiger partial charge in [0.05, 0.1) is 18.4 Å². The van der Waals surface area contributed by atoms with Crippen LogP contribution in [-0.2, 0) is 10.0 Å². The first-order valence-electron chi connectivity index (χ1n) is 11.7. The van der Waals surface area contributed by atoms with Gasteiger partial charge in [-0.2, -0.15) is 0 Å². The van der Waals surface area contributed by atoms with Gasteiger partial charge in [0.25, 0.3) is 5.91 Å². The number of hydrogen-bond donors (Lipinski definition) is 1. The number of halogens is 3. The maximum Gasteiger partial charge on any atom is 0.267 e. The molecule has 0 bridgehead atoms. The van der Waals surface area contributed by atoms with Crippen molar-refractivity contribution in [1.29, 1.82) is 0 Å². The highest BCUT2D eigenvalue weighted by molar-refractivity contribution is 7.89. The van der Waals surface area contributed by atoms with Gasteiger partial charge in [0, 0.05) is 34.6 Å². The quantitative estimate of drug-likeness (QED) is 0.473. The number of nitrogens with one attached hydrogen (secondary N) is 1. The van der Waals surface area contributed by atoms with Crippen molar-refractivity contribution < 1.29 is 22.3 Å². The van der Waals surface area contributed by atoms with E-state index in [1.54, 1.807) is 6.07 Å². The summed E-state index contributed by atoms with van der Waals surface area (Å²) in [6.45, 7) is 4.33. The number of carbonyl (C=O) groups is 1. The maximum absolute atomic E-state index is 14.8. The smallest absolute Gasteiger partial charge is 0.267 e. The standard InChI is InChI=1S/C25H29Cl2FN2O4S/c1-15(18-8-19(26)10-20(27)9-18)30-7-3-4-16(13-30)14-34-24-12-23(28)22(11-21(24)17-5-6-17)25(31)29-35(2,32)33/h8-12,15-17H,3-7,13-14H2,1-2H3,(H,29,31)/t15-,16-/m0/s1. The van der Waals surface area contributed by atoms with Gasteiger partial charge >= 0.3 is 0 Å². The van der Waals surface area contributed by atoms with Crippen LogP contribution < -0.4 is 9.46 Å². The van der Waals surface area contributed by atoms with Crippen molar-refractivity contribution in [2.75, 3.05) is 26.0 Å². The summed E-state index contributed by atoms with van der Waals surface area (Å²) in [4.78, 5) is 14.6. The normalized spacial score (nSPS) is 19.9. The fourth-order valence-electron chi connectivity index (χ4n) is 4.63. The lowest BCUT2D eigenvalue weighted by molar-refractivity contribution is 0.0975. The fraction of sp³-hybridized carbons (Fsp3) is 0.480. The van der Waals surface area contributed by atoms with Gasteiger partial charge in [-0.1, -0.05) is 23.2 Å². The van der Waals surface area contributed by atoms with Gasteiger partial charge in [0.15, 0.2) is 0 Å². The molecule has 1 aliphatic carbocycles. The van der Waals surface area contributed by atoms with Gasteiger partial charge in [0.1, 0.15) is 11.6 Å². The van der Waals surface area contributed by atoms with E-state index in [1.807, 2.05) is 16.9 Å². The first-order chi connectivity index (χ1) is 16.5. The van der Waals surface area contributed by atoms with E-state index in [1.165, 1.54) is 12.1 Å². The number of ether oxygens (including phenoxy) is 1. The molecule has 2 aromatic rings. The topological polar surface area (TPSA) is 75.7 Å². The van der Waals surface area contributed by atoms with Crippen LogP contribution in [0.15, 0.2) is 30.3 Å². The molecular formula is C25H29Cl2FN2O4S. The molecule has 2 fully saturated rings. The Morgan fingerprint density at radius 3 is 2.49 bits per heavy atom. The molecule has 10 heteroatoms. The van der Waals surface area contributed by atoms with Crippen LogP contribution in [0.1, 0.15) is 66.1 Å². The van der Waals surface area contributed by atoms with Gasteiger partial charge in [-0.25, -0.2) is 17.5 Å². The number of likely N-dealkylation sites (tertiary alicyclic amines) is 1. The lowest BCUT2D eigenvalue weighted by atomic mass is 9.95. The first kappa shape index (κ1) is 26.2. The van der Waals surface area contributed by atoms with Gasteiger partial charge in [0.2, 0.25) is 10.0 Å². The summed E-state index contributed by atoms with van der Waals surface area (Å²) in [7, 11) is -3.79. The Morgan fingerprint density at radius 1 is 1.17 bits per heavy atom. The highest BCUT2D eigenvalue weighted by Gasteiger charge is 2.31. The molecule has 1 saturated carbocycles. The van der Waals surface area contributed by atoms with Crippen molar-refractivity contribution in [3.63, 3.8) is 0 Å². The molecule has 0 aromatic heterocycles. The molecule has 1 saturated heterocycles. The van der Waals surface area contributed by atoms with Crippen molar-refractivity contribution in [1.82, 2.24) is 9.62 Å². The maximum atomic E-state index is 14.8. The van der Waals surface area contributed by atoms with Crippen molar-refractivity contribution in [2.45, 2.75) is 44.6 Å². The minimum atomic E-state index is -3.79. The molecule has 1 heterocycles. The van der Waals surface area contributed by atoms with E-state index in [2.05, 4.69) is 11.8 Å². The average molecular weight is 543 g/mol. The van der Waals surface area contributed by atoms with Crippen molar-refractivity contribution >= 4 is 39.1 Å². The number of benzene rings is 2. The molecule has 35 heavy (non-hydrogen) atoms. The molecule has 0 spiro atoms. The molecule has 4 rings (SSSR count). The molecule has 190 valence electrons. The van der Waals surface area contributed by atoms with Crippen LogP contribution in [0.5, 0.6) is 5.75 Å². The van der Waals surface area contributed by atoms with Crippen LogP contribution >= 0.6 is 23.2 Å². The second-order valence-corrected chi connectivity index (χ2v) is 12.2. The van der Waals surface area contributed by atoms with Crippen molar-refractivity contribution in [3.8, 4) is 5.75 Å². The van der Waals surface area contributed by atoms with Crippen LogP contribution in [0.4, 0.5) is 4.39 Å². The lowest BCUT2D eigenvalue weighted by Crippen LogP contribution is -2.39. The van der Waals surface area contributed by atoms with Crippen LogP contribution in [0, 0.1) is 11.7 Å².